The van der Waals surface area contributed by atoms with Crippen molar-refractivity contribution in [3.05, 3.63) is 29.8 Å². The van der Waals surface area contributed by atoms with Crippen LogP contribution in [-0.4, -0.2) is 0 Å². The average molecular weight is 298 g/mol. The van der Waals surface area contributed by atoms with Gasteiger partial charge in [0.2, 0.25) is 0 Å². The zero-order valence-corrected chi connectivity index (χ0v) is 13.9. The van der Waals surface area contributed by atoms with Crippen LogP contribution in [0.15, 0.2) is 24.3 Å². The minimum atomic E-state index is 0. The smallest absolute Gasteiger partial charge is 0.0314 e. The summed E-state index contributed by atoms with van der Waals surface area (Å²) in [5.41, 5.74) is 7.97. The van der Waals surface area contributed by atoms with E-state index in [1.807, 2.05) is 12.1 Å². The van der Waals surface area contributed by atoms with E-state index in [-0.39, 0.29) is 12.4 Å². The number of nitrogens with two attached hydrogens (primary N) is 1. The van der Waals surface area contributed by atoms with Crippen LogP contribution < -0.4 is 5.73 Å². The molecule has 0 aliphatic carbocycles. The van der Waals surface area contributed by atoms with E-state index in [0.29, 0.717) is 0 Å². The van der Waals surface area contributed by atoms with Gasteiger partial charge in [-0.15, -0.1) is 12.4 Å². The highest BCUT2D eigenvalue weighted by Crippen LogP contribution is 2.13. The molecule has 116 valence electrons. The van der Waals surface area contributed by atoms with Gasteiger partial charge in [-0.2, -0.15) is 0 Å². The molecule has 0 heterocycles. The van der Waals surface area contributed by atoms with Crippen LogP contribution in [0.2, 0.25) is 0 Å². The number of nitrogen functional groups attached to an aromatic ring is 1. The first-order chi connectivity index (χ1) is 9.33. The predicted octanol–water partition coefficient (Wildman–Crippen LogP) is 6.15. The maximum absolute atomic E-state index is 5.68. The first-order valence-corrected chi connectivity index (χ1v) is 8.17. The zero-order chi connectivity index (χ0) is 13.8. The van der Waals surface area contributed by atoms with Crippen molar-refractivity contribution < 1.29 is 0 Å². The lowest BCUT2D eigenvalue weighted by Gasteiger charge is -2.03. The molecule has 0 aromatic heterocycles. The third-order valence-electron chi connectivity index (χ3n) is 3.80. The van der Waals surface area contributed by atoms with E-state index in [1.165, 1.54) is 76.2 Å². The Kier molecular flexibility index (Phi) is 12.8. The molecule has 0 fully saturated rings. The molecule has 1 aromatic rings. The fourth-order valence-corrected chi connectivity index (χ4v) is 2.50. The van der Waals surface area contributed by atoms with Gasteiger partial charge in [0.05, 0.1) is 0 Å². The Morgan fingerprint density at radius 2 is 1.15 bits per heavy atom. The highest BCUT2D eigenvalue weighted by molar-refractivity contribution is 5.85. The second kappa shape index (κ2) is 13.3. The molecule has 20 heavy (non-hydrogen) atoms. The van der Waals surface area contributed by atoms with Gasteiger partial charge in [-0.1, -0.05) is 76.8 Å². The summed E-state index contributed by atoms with van der Waals surface area (Å²) in [6, 6.07) is 8.32. The fourth-order valence-electron chi connectivity index (χ4n) is 2.50. The topological polar surface area (TPSA) is 26.0 Å². The Bertz CT molecular complexity index is 308. The molecular formula is C18H32ClN. The van der Waals surface area contributed by atoms with Crippen LogP contribution in [0.5, 0.6) is 0 Å². The SMILES string of the molecule is CCCCCCCCCCCCc1ccc(N)cc1.Cl. The van der Waals surface area contributed by atoms with Gasteiger partial charge < -0.3 is 5.73 Å². The Morgan fingerprint density at radius 1 is 0.700 bits per heavy atom. The quantitative estimate of drug-likeness (QED) is 0.384. The maximum Gasteiger partial charge on any atom is 0.0314 e. The van der Waals surface area contributed by atoms with E-state index in [0.717, 1.165) is 5.69 Å². The summed E-state index contributed by atoms with van der Waals surface area (Å²) < 4.78 is 0. The van der Waals surface area contributed by atoms with Gasteiger partial charge in [-0.3, -0.25) is 0 Å². The second-order valence-corrected chi connectivity index (χ2v) is 5.67. The molecule has 1 nitrogen and oxygen atoms in total. The van der Waals surface area contributed by atoms with Crippen molar-refractivity contribution >= 4 is 18.1 Å². The molecule has 0 saturated heterocycles. The van der Waals surface area contributed by atoms with E-state index in [2.05, 4.69) is 19.1 Å². The van der Waals surface area contributed by atoms with E-state index in [9.17, 15) is 0 Å². The first-order valence-electron chi connectivity index (χ1n) is 8.17. The molecule has 0 spiro atoms. The van der Waals surface area contributed by atoms with Gasteiger partial charge in [0.15, 0.2) is 0 Å². The van der Waals surface area contributed by atoms with E-state index in [1.54, 1.807) is 0 Å². The van der Waals surface area contributed by atoms with Crippen LogP contribution in [0.1, 0.15) is 76.7 Å². The fraction of sp³-hybridized carbons (Fsp3) is 0.667. The summed E-state index contributed by atoms with van der Waals surface area (Å²) in [7, 11) is 0. The lowest BCUT2D eigenvalue weighted by molar-refractivity contribution is 0.556. The van der Waals surface area contributed by atoms with Gasteiger partial charge in [-0.05, 0) is 30.5 Å². The van der Waals surface area contributed by atoms with Crippen LogP contribution in [0.25, 0.3) is 0 Å². The summed E-state index contributed by atoms with van der Waals surface area (Å²) in [5, 5.41) is 0. The highest BCUT2D eigenvalue weighted by atomic mass is 35.5. The number of halogens is 1. The summed E-state index contributed by atoms with van der Waals surface area (Å²) in [5.74, 6) is 0. The Balaban J connectivity index is 0.00000361. The molecule has 0 aliphatic rings. The number of rotatable bonds is 11. The molecule has 0 saturated carbocycles. The monoisotopic (exact) mass is 297 g/mol. The summed E-state index contributed by atoms with van der Waals surface area (Å²) >= 11 is 0. The largest absolute Gasteiger partial charge is 0.399 e. The van der Waals surface area contributed by atoms with Crippen molar-refractivity contribution in [3.8, 4) is 0 Å². The molecule has 0 unspecified atom stereocenters. The highest BCUT2D eigenvalue weighted by Gasteiger charge is 1.95. The van der Waals surface area contributed by atoms with Gasteiger partial charge >= 0.3 is 0 Å². The molecule has 0 bridgehead atoms. The lowest BCUT2D eigenvalue weighted by atomic mass is 10.0. The third kappa shape index (κ3) is 10.1. The number of benzene rings is 1. The van der Waals surface area contributed by atoms with Crippen LogP contribution in [0, 0.1) is 0 Å². The molecule has 0 amide bonds. The van der Waals surface area contributed by atoms with E-state index < -0.39 is 0 Å². The Labute approximate surface area is 131 Å². The van der Waals surface area contributed by atoms with Crippen LogP contribution in [0.4, 0.5) is 5.69 Å². The second-order valence-electron chi connectivity index (χ2n) is 5.67. The van der Waals surface area contributed by atoms with Crippen LogP contribution in [0.3, 0.4) is 0 Å². The van der Waals surface area contributed by atoms with E-state index >= 15 is 0 Å². The van der Waals surface area contributed by atoms with Crippen molar-refractivity contribution in [1.82, 2.24) is 0 Å². The van der Waals surface area contributed by atoms with Gasteiger partial charge in [0.1, 0.15) is 0 Å². The summed E-state index contributed by atoms with van der Waals surface area (Å²) in [6.45, 7) is 2.28. The molecule has 0 aliphatic heterocycles. The minimum Gasteiger partial charge on any atom is -0.399 e. The third-order valence-corrected chi connectivity index (χ3v) is 3.80. The number of anilines is 1. The minimum absolute atomic E-state index is 0. The van der Waals surface area contributed by atoms with Gasteiger partial charge in [0.25, 0.3) is 0 Å². The van der Waals surface area contributed by atoms with Crippen LogP contribution in [-0.2, 0) is 6.42 Å². The van der Waals surface area contributed by atoms with E-state index in [4.69, 9.17) is 5.73 Å². The van der Waals surface area contributed by atoms with Crippen LogP contribution >= 0.6 is 12.4 Å². The maximum atomic E-state index is 5.68. The Hall–Kier alpha value is -0.690. The zero-order valence-electron chi connectivity index (χ0n) is 13.1. The molecule has 2 heteroatoms. The number of unbranched alkanes of at least 4 members (excludes halogenated alkanes) is 9. The number of hydrogen-bond donors (Lipinski definition) is 1. The van der Waals surface area contributed by atoms with Crippen molar-refractivity contribution in [2.45, 2.75) is 77.6 Å². The summed E-state index contributed by atoms with van der Waals surface area (Å²) in [6.07, 6.45) is 15.3. The molecule has 2 N–H and O–H groups in total. The number of aryl methyl sites for hydroxylation is 1. The van der Waals surface area contributed by atoms with Crippen molar-refractivity contribution in [2.75, 3.05) is 5.73 Å². The molecular weight excluding hydrogens is 266 g/mol. The number of hydrogen-bond acceptors (Lipinski definition) is 1. The first kappa shape index (κ1) is 19.3. The standard InChI is InChI=1S/C18H31N.ClH/c1-2-3-4-5-6-7-8-9-10-11-12-17-13-15-18(19)16-14-17;/h13-16H,2-12,19H2,1H3;1H. The normalized spacial score (nSPS) is 10.2. The average Bonchev–Trinajstić information content (AvgIpc) is 2.43. The summed E-state index contributed by atoms with van der Waals surface area (Å²) in [4.78, 5) is 0. The molecule has 1 aromatic carbocycles. The van der Waals surface area contributed by atoms with Crippen molar-refractivity contribution in [3.63, 3.8) is 0 Å². The predicted molar refractivity (Wildman–Crippen MR) is 93.7 cm³/mol. The molecule has 1 rings (SSSR count). The van der Waals surface area contributed by atoms with Gasteiger partial charge in [-0.25, -0.2) is 0 Å². The van der Waals surface area contributed by atoms with Crippen molar-refractivity contribution in [2.24, 2.45) is 0 Å². The van der Waals surface area contributed by atoms with Gasteiger partial charge in [0, 0.05) is 5.69 Å². The van der Waals surface area contributed by atoms with Crippen molar-refractivity contribution in [1.29, 1.82) is 0 Å². The molecule has 0 radical (unpaired) electrons. The Morgan fingerprint density at radius 3 is 1.65 bits per heavy atom. The molecule has 0 atom stereocenters. The lowest BCUT2D eigenvalue weighted by Crippen LogP contribution is -1.88.